The van der Waals surface area contributed by atoms with Crippen LogP contribution in [0, 0.1) is 6.92 Å². The van der Waals surface area contributed by atoms with E-state index in [4.69, 9.17) is 0 Å². The van der Waals surface area contributed by atoms with Crippen molar-refractivity contribution in [1.82, 2.24) is 4.90 Å². The van der Waals surface area contributed by atoms with Crippen molar-refractivity contribution in [3.8, 4) is 0 Å². The maximum Gasteiger partial charge on any atom is 0.0399 e. The van der Waals surface area contributed by atoms with Crippen LogP contribution in [0.1, 0.15) is 36.8 Å². The van der Waals surface area contributed by atoms with Crippen molar-refractivity contribution in [2.45, 2.75) is 39.0 Å². The molecule has 3 rings (SSSR count). The highest BCUT2D eigenvalue weighted by molar-refractivity contribution is 5.56. The van der Waals surface area contributed by atoms with Crippen LogP contribution >= 0.6 is 0 Å². The summed E-state index contributed by atoms with van der Waals surface area (Å²) in [6.45, 7) is 8.52. The zero-order valence-electron chi connectivity index (χ0n) is 12.2. The first kappa shape index (κ1) is 13.0. The van der Waals surface area contributed by atoms with Gasteiger partial charge in [0.2, 0.25) is 0 Å². The van der Waals surface area contributed by atoms with E-state index in [1.807, 2.05) is 0 Å². The fourth-order valence-electron chi connectivity index (χ4n) is 3.48. The Morgan fingerprint density at radius 1 is 0.947 bits per heavy atom. The van der Waals surface area contributed by atoms with E-state index >= 15 is 0 Å². The highest BCUT2D eigenvalue weighted by atomic mass is 15.2. The zero-order chi connectivity index (χ0) is 13.1. The molecule has 1 fully saturated rings. The third-order valence-electron chi connectivity index (χ3n) is 4.58. The smallest absolute Gasteiger partial charge is 0.0399 e. The molecule has 19 heavy (non-hydrogen) atoms. The van der Waals surface area contributed by atoms with E-state index in [0.29, 0.717) is 0 Å². The summed E-state index contributed by atoms with van der Waals surface area (Å²) in [5, 5.41) is 0. The summed E-state index contributed by atoms with van der Waals surface area (Å²) in [5.74, 6) is 0. The molecule has 2 heterocycles. The molecule has 0 atom stereocenters. The van der Waals surface area contributed by atoms with E-state index < -0.39 is 0 Å². The third kappa shape index (κ3) is 3.11. The van der Waals surface area contributed by atoms with Crippen molar-refractivity contribution in [2.24, 2.45) is 0 Å². The summed E-state index contributed by atoms with van der Waals surface area (Å²) in [6, 6.07) is 6.97. The number of rotatable bonds is 3. The molecule has 0 saturated carbocycles. The number of likely N-dealkylation sites (tertiary alicyclic amines) is 1. The van der Waals surface area contributed by atoms with Crippen LogP contribution in [0.2, 0.25) is 0 Å². The molecule has 0 N–H and O–H groups in total. The summed E-state index contributed by atoms with van der Waals surface area (Å²) in [6.07, 6.45) is 6.81. The lowest BCUT2D eigenvalue weighted by Crippen LogP contribution is -2.39. The van der Waals surface area contributed by atoms with Gasteiger partial charge in [-0.05, 0) is 57.3 Å². The van der Waals surface area contributed by atoms with E-state index in [-0.39, 0.29) is 0 Å². The van der Waals surface area contributed by atoms with Crippen LogP contribution in [0.3, 0.4) is 0 Å². The van der Waals surface area contributed by atoms with Crippen LogP contribution in [0.15, 0.2) is 18.2 Å². The van der Waals surface area contributed by atoms with Gasteiger partial charge in [-0.25, -0.2) is 0 Å². The van der Waals surface area contributed by atoms with Crippen molar-refractivity contribution >= 4 is 5.69 Å². The summed E-state index contributed by atoms with van der Waals surface area (Å²) in [4.78, 5) is 5.25. The van der Waals surface area contributed by atoms with Crippen molar-refractivity contribution in [3.63, 3.8) is 0 Å². The van der Waals surface area contributed by atoms with Crippen LogP contribution in [0.5, 0.6) is 0 Å². The minimum atomic E-state index is 1.20. The first-order valence-corrected chi connectivity index (χ1v) is 7.90. The summed E-state index contributed by atoms with van der Waals surface area (Å²) < 4.78 is 0. The van der Waals surface area contributed by atoms with E-state index in [0.717, 1.165) is 0 Å². The molecular weight excluding hydrogens is 232 g/mol. The predicted octanol–water partition coefficient (Wildman–Crippen LogP) is 3.23. The molecule has 1 saturated heterocycles. The lowest BCUT2D eigenvalue weighted by Gasteiger charge is -2.34. The minimum Gasteiger partial charge on any atom is -0.370 e. The Morgan fingerprint density at radius 2 is 1.79 bits per heavy atom. The highest BCUT2D eigenvalue weighted by Gasteiger charge is 2.18. The first-order chi connectivity index (χ1) is 9.33. The number of benzene rings is 1. The summed E-state index contributed by atoms with van der Waals surface area (Å²) in [7, 11) is 0. The second kappa shape index (κ2) is 5.96. The van der Waals surface area contributed by atoms with Crippen molar-refractivity contribution in [3.05, 3.63) is 29.3 Å². The molecule has 0 aromatic heterocycles. The molecular formula is C17H26N2. The van der Waals surface area contributed by atoms with Crippen LogP contribution < -0.4 is 4.90 Å². The molecule has 0 amide bonds. The van der Waals surface area contributed by atoms with E-state index in [2.05, 4.69) is 34.9 Å². The lowest BCUT2D eigenvalue weighted by atomic mass is 9.99. The quantitative estimate of drug-likeness (QED) is 0.821. The molecule has 2 heteroatoms. The lowest BCUT2D eigenvalue weighted by molar-refractivity contribution is 0.233. The fraction of sp³-hybridized carbons (Fsp3) is 0.647. The number of fused-ring (bicyclic) bond motifs is 1. The number of aryl methyl sites for hydroxylation is 2. The molecule has 1 aromatic rings. The van der Waals surface area contributed by atoms with E-state index in [9.17, 15) is 0 Å². The molecule has 2 nitrogen and oxygen atoms in total. The van der Waals surface area contributed by atoms with Crippen LogP contribution in [0.25, 0.3) is 0 Å². The van der Waals surface area contributed by atoms with Gasteiger partial charge in [0.1, 0.15) is 0 Å². The monoisotopic (exact) mass is 258 g/mol. The molecule has 2 aliphatic heterocycles. The third-order valence-corrected chi connectivity index (χ3v) is 4.58. The topological polar surface area (TPSA) is 6.48 Å². The predicted molar refractivity (Wildman–Crippen MR) is 82.0 cm³/mol. The summed E-state index contributed by atoms with van der Waals surface area (Å²) in [5.41, 5.74) is 4.45. The first-order valence-electron chi connectivity index (χ1n) is 7.90. The van der Waals surface area contributed by atoms with Gasteiger partial charge in [-0.15, -0.1) is 0 Å². The SMILES string of the molecule is Cc1ccc2c(c1)CCCN2CCN1CCCCC1. The number of piperidine rings is 1. The van der Waals surface area contributed by atoms with Crippen LogP contribution in [-0.4, -0.2) is 37.6 Å². The van der Waals surface area contributed by atoms with Gasteiger partial charge in [0, 0.05) is 25.3 Å². The van der Waals surface area contributed by atoms with Gasteiger partial charge in [-0.1, -0.05) is 24.1 Å². The second-order valence-electron chi connectivity index (χ2n) is 6.13. The Bertz CT molecular complexity index is 421. The van der Waals surface area contributed by atoms with Crippen molar-refractivity contribution in [1.29, 1.82) is 0 Å². The molecule has 0 unspecified atom stereocenters. The molecule has 0 radical (unpaired) electrons. The summed E-state index contributed by atoms with van der Waals surface area (Å²) >= 11 is 0. The molecule has 0 bridgehead atoms. The maximum atomic E-state index is 2.64. The standard InChI is InChI=1S/C17H26N2/c1-15-7-8-17-16(14-15)6-5-11-19(17)13-12-18-9-3-2-4-10-18/h7-8,14H,2-6,9-13H2,1H3. The molecule has 0 spiro atoms. The van der Waals surface area contributed by atoms with Crippen LogP contribution in [-0.2, 0) is 6.42 Å². The number of anilines is 1. The second-order valence-corrected chi connectivity index (χ2v) is 6.13. The molecule has 104 valence electrons. The van der Waals surface area contributed by atoms with Gasteiger partial charge in [0.25, 0.3) is 0 Å². The highest BCUT2D eigenvalue weighted by Crippen LogP contribution is 2.27. The number of hydrogen-bond donors (Lipinski definition) is 0. The largest absolute Gasteiger partial charge is 0.370 e. The van der Waals surface area contributed by atoms with Crippen LogP contribution in [0.4, 0.5) is 5.69 Å². The number of nitrogens with zero attached hydrogens (tertiary/aromatic N) is 2. The Kier molecular flexibility index (Phi) is 4.07. The van der Waals surface area contributed by atoms with Gasteiger partial charge < -0.3 is 9.80 Å². The van der Waals surface area contributed by atoms with E-state index in [1.165, 1.54) is 76.1 Å². The van der Waals surface area contributed by atoms with Gasteiger partial charge in [-0.3, -0.25) is 0 Å². The Hall–Kier alpha value is -1.02. The fourth-order valence-corrected chi connectivity index (χ4v) is 3.48. The molecule has 0 aliphatic carbocycles. The van der Waals surface area contributed by atoms with Gasteiger partial charge in [0.15, 0.2) is 0 Å². The Balaban J connectivity index is 1.63. The zero-order valence-corrected chi connectivity index (χ0v) is 12.2. The molecule has 1 aromatic carbocycles. The normalized spacial score (nSPS) is 20.4. The van der Waals surface area contributed by atoms with Gasteiger partial charge >= 0.3 is 0 Å². The van der Waals surface area contributed by atoms with Gasteiger partial charge in [-0.2, -0.15) is 0 Å². The Morgan fingerprint density at radius 3 is 2.63 bits per heavy atom. The van der Waals surface area contributed by atoms with Crippen molar-refractivity contribution < 1.29 is 0 Å². The Labute approximate surface area is 117 Å². The van der Waals surface area contributed by atoms with Gasteiger partial charge in [0.05, 0.1) is 0 Å². The maximum absolute atomic E-state index is 2.64. The average Bonchev–Trinajstić information content (AvgIpc) is 2.45. The minimum absolute atomic E-state index is 1.20. The average molecular weight is 258 g/mol. The molecule has 2 aliphatic rings. The van der Waals surface area contributed by atoms with E-state index in [1.54, 1.807) is 5.56 Å². The van der Waals surface area contributed by atoms with Crippen molar-refractivity contribution in [2.75, 3.05) is 37.6 Å². The number of hydrogen-bond acceptors (Lipinski definition) is 2.